The molecule has 28 heavy (non-hydrogen) atoms. The number of carbonyl (C=O) groups is 2. The standard InChI is InChI=1S/C23H17FN2O2/c1-15-10-12-19(13-11-15)26-22(27)20(16-6-3-2-4-7-16)21(23(26)28)25-18-9-5-8-17(24)14-18/h2-14,25H,1H3. The number of amides is 2. The first kappa shape index (κ1) is 17.7. The minimum Gasteiger partial charge on any atom is -0.350 e. The zero-order valence-electron chi connectivity index (χ0n) is 15.1. The average molecular weight is 372 g/mol. The smallest absolute Gasteiger partial charge is 0.282 e. The predicted octanol–water partition coefficient (Wildman–Crippen LogP) is 4.53. The Morgan fingerprint density at radius 1 is 0.821 bits per heavy atom. The van der Waals surface area contributed by atoms with Gasteiger partial charge in [0, 0.05) is 5.69 Å². The number of hydrogen-bond donors (Lipinski definition) is 1. The predicted molar refractivity (Wildman–Crippen MR) is 107 cm³/mol. The van der Waals surface area contributed by atoms with Gasteiger partial charge in [-0.1, -0.05) is 54.1 Å². The third kappa shape index (κ3) is 3.18. The normalized spacial score (nSPS) is 14.0. The molecule has 0 saturated heterocycles. The van der Waals surface area contributed by atoms with Crippen LogP contribution in [0.2, 0.25) is 0 Å². The molecule has 0 atom stereocenters. The van der Waals surface area contributed by atoms with Crippen LogP contribution in [0.3, 0.4) is 0 Å². The highest BCUT2D eigenvalue weighted by Crippen LogP contribution is 2.33. The summed E-state index contributed by atoms with van der Waals surface area (Å²) in [5.41, 5.74) is 2.92. The van der Waals surface area contributed by atoms with Gasteiger partial charge in [0.05, 0.1) is 11.3 Å². The molecule has 5 heteroatoms. The summed E-state index contributed by atoms with van der Waals surface area (Å²) in [6.07, 6.45) is 0. The van der Waals surface area contributed by atoms with E-state index in [1.54, 1.807) is 48.5 Å². The van der Waals surface area contributed by atoms with Crippen molar-refractivity contribution in [1.29, 1.82) is 0 Å². The van der Waals surface area contributed by atoms with Crippen molar-refractivity contribution in [3.8, 4) is 0 Å². The van der Waals surface area contributed by atoms with E-state index in [0.29, 0.717) is 16.9 Å². The van der Waals surface area contributed by atoms with Crippen molar-refractivity contribution in [2.45, 2.75) is 6.92 Å². The fourth-order valence-electron chi connectivity index (χ4n) is 3.16. The van der Waals surface area contributed by atoms with Gasteiger partial charge in [0.1, 0.15) is 11.5 Å². The molecule has 1 aliphatic rings. The maximum absolute atomic E-state index is 13.6. The molecule has 3 aromatic rings. The van der Waals surface area contributed by atoms with E-state index < -0.39 is 17.6 Å². The first-order chi connectivity index (χ1) is 13.5. The van der Waals surface area contributed by atoms with E-state index in [1.165, 1.54) is 12.1 Å². The van der Waals surface area contributed by atoms with E-state index in [9.17, 15) is 14.0 Å². The second-order valence-electron chi connectivity index (χ2n) is 6.53. The molecular formula is C23H17FN2O2. The average Bonchev–Trinajstić information content (AvgIpc) is 2.93. The van der Waals surface area contributed by atoms with E-state index in [0.717, 1.165) is 10.5 Å². The molecule has 2 amide bonds. The van der Waals surface area contributed by atoms with Gasteiger partial charge in [-0.2, -0.15) is 0 Å². The van der Waals surface area contributed by atoms with Crippen molar-refractivity contribution >= 4 is 28.8 Å². The van der Waals surface area contributed by atoms with Gasteiger partial charge in [-0.3, -0.25) is 9.59 Å². The maximum Gasteiger partial charge on any atom is 0.282 e. The molecule has 1 aliphatic heterocycles. The molecule has 4 nitrogen and oxygen atoms in total. The topological polar surface area (TPSA) is 49.4 Å². The first-order valence-electron chi connectivity index (χ1n) is 8.82. The van der Waals surface area contributed by atoms with Gasteiger partial charge in [-0.25, -0.2) is 9.29 Å². The van der Waals surface area contributed by atoms with Crippen LogP contribution in [0.25, 0.3) is 5.57 Å². The van der Waals surface area contributed by atoms with Gasteiger partial charge < -0.3 is 5.32 Å². The molecule has 0 aromatic heterocycles. The number of rotatable bonds is 4. The minimum atomic E-state index is -0.475. The van der Waals surface area contributed by atoms with Gasteiger partial charge in [0.2, 0.25) is 0 Å². The zero-order chi connectivity index (χ0) is 19.7. The molecule has 0 bridgehead atoms. The molecule has 0 fully saturated rings. The Balaban J connectivity index is 1.81. The molecule has 4 rings (SSSR count). The number of hydrogen-bond acceptors (Lipinski definition) is 3. The Morgan fingerprint density at radius 2 is 1.54 bits per heavy atom. The molecule has 1 N–H and O–H groups in total. The number of imide groups is 1. The SMILES string of the molecule is Cc1ccc(N2C(=O)C(Nc3cccc(F)c3)=C(c3ccccc3)C2=O)cc1. The lowest BCUT2D eigenvalue weighted by atomic mass is 10.0. The van der Waals surface area contributed by atoms with Crippen LogP contribution >= 0.6 is 0 Å². The van der Waals surface area contributed by atoms with Gasteiger partial charge in [0.25, 0.3) is 11.8 Å². The highest BCUT2D eigenvalue weighted by molar-refractivity contribution is 6.46. The quantitative estimate of drug-likeness (QED) is 0.685. The monoisotopic (exact) mass is 372 g/mol. The number of nitrogens with zero attached hydrogens (tertiary/aromatic N) is 1. The van der Waals surface area contributed by atoms with Crippen LogP contribution in [-0.4, -0.2) is 11.8 Å². The van der Waals surface area contributed by atoms with Crippen molar-refractivity contribution in [3.05, 3.63) is 102 Å². The third-order valence-corrected chi connectivity index (χ3v) is 4.53. The molecule has 0 saturated carbocycles. The number of halogens is 1. The van der Waals surface area contributed by atoms with E-state index in [2.05, 4.69) is 5.32 Å². The summed E-state index contributed by atoms with van der Waals surface area (Å²) in [5, 5.41) is 2.95. The Kier molecular flexibility index (Phi) is 4.49. The second kappa shape index (κ2) is 7.12. The van der Waals surface area contributed by atoms with Gasteiger partial charge in [-0.05, 0) is 42.8 Å². The van der Waals surface area contributed by atoms with Crippen LogP contribution in [0.4, 0.5) is 15.8 Å². The highest BCUT2D eigenvalue weighted by Gasteiger charge is 2.40. The maximum atomic E-state index is 13.6. The van der Waals surface area contributed by atoms with Crippen molar-refractivity contribution in [2.24, 2.45) is 0 Å². The lowest BCUT2D eigenvalue weighted by Gasteiger charge is -2.15. The van der Waals surface area contributed by atoms with Gasteiger partial charge >= 0.3 is 0 Å². The van der Waals surface area contributed by atoms with Crippen molar-refractivity contribution in [3.63, 3.8) is 0 Å². The lowest BCUT2D eigenvalue weighted by molar-refractivity contribution is -0.120. The van der Waals surface area contributed by atoms with Crippen LogP contribution in [0, 0.1) is 12.7 Å². The van der Waals surface area contributed by atoms with Crippen LogP contribution in [0.15, 0.2) is 84.6 Å². The molecule has 1 heterocycles. The number of carbonyl (C=O) groups excluding carboxylic acids is 2. The van der Waals surface area contributed by atoms with Crippen LogP contribution in [0.5, 0.6) is 0 Å². The Hall–Kier alpha value is -3.73. The van der Waals surface area contributed by atoms with Crippen molar-refractivity contribution < 1.29 is 14.0 Å². The summed E-state index contributed by atoms with van der Waals surface area (Å²) in [5.74, 6) is -1.32. The second-order valence-corrected chi connectivity index (χ2v) is 6.53. The van der Waals surface area contributed by atoms with E-state index >= 15 is 0 Å². The number of aryl methyl sites for hydroxylation is 1. The summed E-state index contributed by atoms with van der Waals surface area (Å²) in [7, 11) is 0. The summed E-state index contributed by atoms with van der Waals surface area (Å²) >= 11 is 0. The molecule has 0 unspecified atom stereocenters. The van der Waals surface area contributed by atoms with Crippen LogP contribution in [0.1, 0.15) is 11.1 Å². The third-order valence-electron chi connectivity index (χ3n) is 4.53. The molecule has 138 valence electrons. The molecule has 0 aliphatic carbocycles. The summed E-state index contributed by atoms with van der Waals surface area (Å²) < 4.78 is 13.6. The Bertz CT molecular complexity index is 1090. The molecule has 0 radical (unpaired) electrons. The van der Waals surface area contributed by atoms with Crippen molar-refractivity contribution in [1.82, 2.24) is 0 Å². The van der Waals surface area contributed by atoms with Crippen molar-refractivity contribution in [2.75, 3.05) is 10.2 Å². The molecule has 3 aromatic carbocycles. The Morgan fingerprint density at radius 3 is 2.21 bits per heavy atom. The van der Waals surface area contributed by atoms with Gasteiger partial charge in [-0.15, -0.1) is 0 Å². The summed E-state index contributed by atoms with van der Waals surface area (Å²) in [6, 6.07) is 21.9. The number of nitrogens with one attached hydrogen (secondary N) is 1. The summed E-state index contributed by atoms with van der Waals surface area (Å²) in [6.45, 7) is 1.93. The molecule has 0 spiro atoms. The fourth-order valence-corrected chi connectivity index (χ4v) is 3.16. The first-order valence-corrected chi connectivity index (χ1v) is 8.82. The highest BCUT2D eigenvalue weighted by atomic mass is 19.1. The van der Waals surface area contributed by atoms with Gasteiger partial charge in [0.15, 0.2) is 0 Å². The fraction of sp³-hybridized carbons (Fsp3) is 0.0435. The zero-order valence-corrected chi connectivity index (χ0v) is 15.1. The van der Waals surface area contributed by atoms with E-state index in [4.69, 9.17) is 0 Å². The largest absolute Gasteiger partial charge is 0.350 e. The lowest BCUT2D eigenvalue weighted by Crippen LogP contribution is -2.32. The van der Waals surface area contributed by atoms with E-state index in [-0.39, 0.29) is 11.3 Å². The Labute approximate surface area is 161 Å². The summed E-state index contributed by atoms with van der Waals surface area (Å²) in [4.78, 5) is 27.5. The molecular weight excluding hydrogens is 355 g/mol. The van der Waals surface area contributed by atoms with E-state index in [1.807, 2.05) is 25.1 Å². The van der Waals surface area contributed by atoms with Crippen LogP contribution < -0.4 is 10.2 Å². The number of anilines is 2. The number of benzene rings is 3. The van der Waals surface area contributed by atoms with Crippen LogP contribution in [-0.2, 0) is 9.59 Å². The minimum absolute atomic E-state index is 0.127.